The van der Waals surface area contributed by atoms with Gasteiger partial charge in [-0.2, -0.15) is 0 Å². The summed E-state index contributed by atoms with van der Waals surface area (Å²) in [6.45, 7) is 0. The fraction of sp³-hybridized carbons (Fsp3) is 0. The topological polar surface area (TPSA) is 41.0 Å². The van der Waals surface area contributed by atoms with E-state index in [1.165, 1.54) is 0 Å². The molecule has 0 aliphatic carbocycles. The summed E-state index contributed by atoms with van der Waals surface area (Å²) in [4.78, 5) is 12.4. The molecule has 0 saturated heterocycles. The standard InChI is InChI=1S/C20H15N3/c1-2-8-15(9-3-1)16-10-4-5-11-17(16)21-14-20-22-18-12-6-7-13-19(18)23-20/h1-14H,(H,22,23)/b21-14+. The number of fused-ring (bicyclic) bond motifs is 1. The Morgan fingerprint density at radius 3 is 2.39 bits per heavy atom. The molecule has 23 heavy (non-hydrogen) atoms. The van der Waals surface area contributed by atoms with Crippen molar-refractivity contribution in [3.63, 3.8) is 0 Å². The van der Waals surface area contributed by atoms with Crippen molar-refractivity contribution in [3.8, 4) is 11.1 Å². The molecule has 3 nitrogen and oxygen atoms in total. The quantitative estimate of drug-likeness (QED) is 0.532. The number of nitrogens with zero attached hydrogens (tertiary/aromatic N) is 2. The van der Waals surface area contributed by atoms with Gasteiger partial charge in [0.2, 0.25) is 0 Å². The highest BCUT2D eigenvalue weighted by Gasteiger charge is 2.03. The molecule has 0 amide bonds. The van der Waals surface area contributed by atoms with Gasteiger partial charge in [0.1, 0.15) is 5.82 Å². The normalized spacial score (nSPS) is 11.3. The Bertz CT molecular complexity index is 935. The van der Waals surface area contributed by atoms with E-state index in [4.69, 9.17) is 0 Å². The van der Waals surface area contributed by atoms with Crippen LogP contribution in [0.25, 0.3) is 22.2 Å². The van der Waals surface area contributed by atoms with E-state index < -0.39 is 0 Å². The van der Waals surface area contributed by atoms with Gasteiger partial charge in [-0.1, -0.05) is 60.7 Å². The molecule has 1 heterocycles. The van der Waals surface area contributed by atoms with Crippen LogP contribution in [0.2, 0.25) is 0 Å². The summed E-state index contributed by atoms with van der Waals surface area (Å²) in [7, 11) is 0. The van der Waals surface area contributed by atoms with Crippen LogP contribution in [0, 0.1) is 0 Å². The van der Waals surface area contributed by atoms with Gasteiger partial charge in [-0.15, -0.1) is 0 Å². The molecule has 3 aromatic carbocycles. The van der Waals surface area contributed by atoms with Gasteiger partial charge in [-0.25, -0.2) is 4.98 Å². The van der Waals surface area contributed by atoms with E-state index >= 15 is 0 Å². The highest BCUT2D eigenvalue weighted by Crippen LogP contribution is 2.29. The lowest BCUT2D eigenvalue weighted by Crippen LogP contribution is -1.84. The van der Waals surface area contributed by atoms with Gasteiger partial charge >= 0.3 is 0 Å². The van der Waals surface area contributed by atoms with E-state index in [2.05, 4.69) is 33.2 Å². The van der Waals surface area contributed by atoms with Crippen molar-refractivity contribution in [2.45, 2.75) is 0 Å². The summed E-state index contributed by atoms with van der Waals surface area (Å²) in [5.74, 6) is 0.758. The summed E-state index contributed by atoms with van der Waals surface area (Å²) in [6, 6.07) is 26.4. The number of nitrogens with one attached hydrogen (secondary N) is 1. The van der Waals surface area contributed by atoms with Gasteiger partial charge in [-0.3, -0.25) is 4.99 Å². The van der Waals surface area contributed by atoms with Crippen molar-refractivity contribution in [1.29, 1.82) is 0 Å². The first-order valence-electron chi connectivity index (χ1n) is 7.53. The van der Waals surface area contributed by atoms with E-state index in [0.29, 0.717) is 0 Å². The number of aliphatic imine (C=N–C) groups is 1. The van der Waals surface area contributed by atoms with Gasteiger partial charge in [0, 0.05) is 5.56 Å². The van der Waals surface area contributed by atoms with Gasteiger partial charge in [0.15, 0.2) is 0 Å². The Morgan fingerprint density at radius 1 is 0.783 bits per heavy atom. The molecular formula is C20H15N3. The van der Waals surface area contributed by atoms with Crippen molar-refractivity contribution < 1.29 is 0 Å². The van der Waals surface area contributed by atoms with Crippen molar-refractivity contribution in [2.75, 3.05) is 0 Å². The fourth-order valence-corrected chi connectivity index (χ4v) is 2.61. The molecule has 0 aliphatic rings. The molecule has 110 valence electrons. The average Bonchev–Trinajstić information content (AvgIpc) is 3.04. The highest BCUT2D eigenvalue weighted by molar-refractivity contribution is 5.87. The van der Waals surface area contributed by atoms with Crippen LogP contribution in [0.1, 0.15) is 5.82 Å². The zero-order valence-electron chi connectivity index (χ0n) is 12.5. The lowest BCUT2D eigenvalue weighted by Gasteiger charge is -2.04. The monoisotopic (exact) mass is 297 g/mol. The Kier molecular flexibility index (Phi) is 3.45. The van der Waals surface area contributed by atoms with Crippen LogP contribution in [-0.2, 0) is 0 Å². The molecule has 1 N–H and O–H groups in total. The van der Waals surface area contributed by atoms with Crippen molar-refractivity contribution >= 4 is 22.9 Å². The van der Waals surface area contributed by atoms with Gasteiger partial charge < -0.3 is 4.98 Å². The molecule has 3 heteroatoms. The van der Waals surface area contributed by atoms with E-state index in [1.807, 2.05) is 60.7 Å². The SMILES string of the molecule is C(=N\c1ccccc1-c1ccccc1)/c1nc2ccccc2[nH]1. The molecule has 0 radical (unpaired) electrons. The number of rotatable bonds is 3. The third kappa shape index (κ3) is 2.77. The van der Waals surface area contributed by atoms with Crippen LogP contribution in [0.4, 0.5) is 5.69 Å². The lowest BCUT2D eigenvalue weighted by atomic mass is 10.0. The lowest BCUT2D eigenvalue weighted by molar-refractivity contribution is 1.30. The number of benzene rings is 3. The Labute approximate surface area is 134 Å². The smallest absolute Gasteiger partial charge is 0.149 e. The maximum Gasteiger partial charge on any atom is 0.149 e. The Balaban J connectivity index is 1.71. The Hall–Kier alpha value is -3.20. The molecular weight excluding hydrogens is 282 g/mol. The van der Waals surface area contributed by atoms with E-state index in [-0.39, 0.29) is 0 Å². The molecule has 0 fully saturated rings. The third-order valence-corrected chi connectivity index (χ3v) is 3.72. The molecule has 4 rings (SSSR count). The summed E-state index contributed by atoms with van der Waals surface area (Å²) in [5, 5.41) is 0. The van der Waals surface area contributed by atoms with Crippen LogP contribution in [-0.4, -0.2) is 16.2 Å². The number of aromatic amines is 1. The minimum atomic E-state index is 0.758. The summed E-state index contributed by atoms with van der Waals surface area (Å²) >= 11 is 0. The number of para-hydroxylation sites is 3. The largest absolute Gasteiger partial charge is 0.337 e. The second kappa shape index (κ2) is 5.89. The van der Waals surface area contributed by atoms with Gasteiger partial charge in [-0.05, 0) is 23.8 Å². The molecule has 0 unspecified atom stereocenters. The predicted octanol–water partition coefficient (Wildman–Crippen LogP) is 4.98. The first-order chi connectivity index (χ1) is 11.4. The molecule has 1 aromatic heterocycles. The number of aromatic nitrogens is 2. The second-order valence-electron chi connectivity index (χ2n) is 5.28. The molecule has 0 atom stereocenters. The molecule has 0 spiro atoms. The van der Waals surface area contributed by atoms with Gasteiger partial charge in [0.25, 0.3) is 0 Å². The van der Waals surface area contributed by atoms with Crippen LogP contribution < -0.4 is 0 Å². The van der Waals surface area contributed by atoms with Crippen LogP contribution in [0.15, 0.2) is 83.9 Å². The van der Waals surface area contributed by atoms with Crippen molar-refractivity contribution in [2.24, 2.45) is 4.99 Å². The predicted molar refractivity (Wildman–Crippen MR) is 95.2 cm³/mol. The Morgan fingerprint density at radius 2 is 1.52 bits per heavy atom. The maximum absolute atomic E-state index is 4.63. The maximum atomic E-state index is 4.63. The molecule has 0 bridgehead atoms. The summed E-state index contributed by atoms with van der Waals surface area (Å²) in [6.07, 6.45) is 1.78. The number of H-pyrrole nitrogens is 1. The third-order valence-electron chi connectivity index (χ3n) is 3.72. The zero-order chi connectivity index (χ0) is 15.5. The first kappa shape index (κ1) is 13.5. The van der Waals surface area contributed by atoms with Crippen LogP contribution in [0.3, 0.4) is 0 Å². The first-order valence-corrected chi connectivity index (χ1v) is 7.53. The van der Waals surface area contributed by atoms with E-state index in [1.54, 1.807) is 6.21 Å². The minimum absolute atomic E-state index is 0.758. The molecule has 0 saturated carbocycles. The summed E-state index contributed by atoms with van der Waals surface area (Å²) in [5.41, 5.74) is 5.17. The minimum Gasteiger partial charge on any atom is -0.337 e. The van der Waals surface area contributed by atoms with Crippen molar-refractivity contribution in [1.82, 2.24) is 9.97 Å². The molecule has 0 aliphatic heterocycles. The highest BCUT2D eigenvalue weighted by atomic mass is 14.9. The van der Waals surface area contributed by atoms with Crippen molar-refractivity contribution in [3.05, 3.63) is 84.7 Å². The number of hydrogen-bond donors (Lipinski definition) is 1. The number of imidazole rings is 1. The molecule has 4 aromatic rings. The average molecular weight is 297 g/mol. The summed E-state index contributed by atoms with van der Waals surface area (Å²) < 4.78 is 0. The van der Waals surface area contributed by atoms with Crippen LogP contribution >= 0.6 is 0 Å². The van der Waals surface area contributed by atoms with E-state index in [0.717, 1.165) is 33.7 Å². The second-order valence-corrected chi connectivity index (χ2v) is 5.28. The zero-order valence-corrected chi connectivity index (χ0v) is 12.5. The van der Waals surface area contributed by atoms with E-state index in [9.17, 15) is 0 Å². The number of hydrogen-bond acceptors (Lipinski definition) is 2. The fourth-order valence-electron chi connectivity index (χ4n) is 2.61. The van der Waals surface area contributed by atoms with Crippen LogP contribution in [0.5, 0.6) is 0 Å². The van der Waals surface area contributed by atoms with Gasteiger partial charge in [0.05, 0.1) is 22.9 Å².